The summed E-state index contributed by atoms with van der Waals surface area (Å²) in [5.74, 6) is -1.29. The van der Waals surface area contributed by atoms with Crippen molar-refractivity contribution in [3.8, 4) is 0 Å². The van der Waals surface area contributed by atoms with Crippen LogP contribution in [0.5, 0.6) is 0 Å². The molecule has 2 aromatic carbocycles. The van der Waals surface area contributed by atoms with Gasteiger partial charge in [0.05, 0.1) is 26.7 Å². The van der Waals surface area contributed by atoms with Gasteiger partial charge in [-0.2, -0.15) is 0 Å². The standard InChI is InChI=1S/C28H25Cl2FN2O5S/c1-28(2,3)38-27(35)19-14-32-26(30)23(24(19)29)25(34)22-13-18-20(31)11-16(15-9-10-15)12-21(18)33(22)39(36,37)17-7-5-4-6-8-17/h4-8,11-15,25,34H,9-10H2,1-3H3/t25-/m0/s1. The number of carbonyl (C=O) groups excluding carboxylic acids is 1. The summed E-state index contributed by atoms with van der Waals surface area (Å²) in [6.07, 6.45) is 1.07. The predicted octanol–water partition coefficient (Wildman–Crippen LogP) is 6.63. The highest BCUT2D eigenvalue weighted by Crippen LogP contribution is 2.44. The second kappa shape index (κ2) is 9.89. The second-order valence-corrected chi connectivity index (χ2v) is 13.0. The van der Waals surface area contributed by atoms with Crippen molar-refractivity contribution in [2.45, 2.75) is 56.1 Å². The molecule has 1 aliphatic rings. The number of rotatable bonds is 6. The van der Waals surface area contributed by atoms with E-state index in [1.807, 2.05) is 0 Å². The third kappa shape index (κ3) is 5.16. The number of hydrogen-bond donors (Lipinski definition) is 1. The van der Waals surface area contributed by atoms with E-state index in [1.54, 1.807) is 45.0 Å². The number of hydrogen-bond acceptors (Lipinski definition) is 6. The minimum Gasteiger partial charge on any atom is -0.456 e. The van der Waals surface area contributed by atoms with Crippen LogP contribution in [0.2, 0.25) is 10.2 Å². The Morgan fingerprint density at radius 2 is 1.82 bits per heavy atom. The molecule has 1 N–H and O–H groups in total. The molecule has 39 heavy (non-hydrogen) atoms. The fourth-order valence-corrected chi connectivity index (χ4v) is 6.59. The summed E-state index contributed by atoms with van der Waals surface area (Å²) in [5.41, 5.74) is -0.692. The van der Waals surface area contributed by atoms with Crippen LogP contribution in [-0.2, 0) is 14.8 Å². The maximum absolute atomic E-state index is 15.4. The summed E-state index contributed by atoms with van der Waals surface area (Å²) in [5, 5.41) is 11.1. The highest BCUT2D eigenvalue weighted by atomic mass is 35.5. The number of halogens is 3. The average molecular weight is 591 g/mol. The van der Waals surface area contributed by atoms with Crippen molar-refractivity contribution >= 4 is 50.1 Å². The van der Waals surface area contributed by atoms with Crippen LogP contribution in [0.25, 0.3) is 10.9 Å². The first kappa shape index (κ1) is 27.6. The topological polar surface area (TPSA) is 98.5 Å². The van der Waals surface area contributed by atoms with Crippen LogP contribution in [-0.4, -0.2) is 34.1 Å². The Bertz CT molecular complexity index is 1710. The summed E-state index contributed by atoms with van der Waals surface area (Å²) in [6, 6.07) is 11.9. The van der Waals surface area contributed by atoms with Gasteiger partial charge in [-0.05, 0) is 75.4 Å². The van der Waals surface area contributed by atoms with E-state index in [2.05, 4.69) is 4.98 Å². The van der Waals surface area contributed by atoms with Gasteiger partial charge in [-0.3, -0.25) is 0 Å². The highest BCUT2D eigenvalue weighted by molar-refractivity contribution is 7.90. The van der Waals surface area contributed by atoms with E-state index in [0.29, 0.717) is 5.56 Å². The maximum atomic E-state index is 15.4. The van der Waals surface area contributed by atoms with Crippen molar-refractivity contribution in [1.82, 2.24) is 8.96 Å². The third-order valence-corrected chi connectivity index (χ3v) is 8.84. The quantitative estimate of drug-likeness (QED) is 0.200. The Balaban J connectivity index is 1.75. The summed E-state index contributed by atoms with van der Waals surface area (Å²) in [7, 11) is -4.33. The number of fused-ring (bicyclic) bond motifs is 1. The van der Waals surface area contributed by atoms with Crippen LogP contribution in [0.4, 0.5) is 4.39 Å². The Hall–Kier alpha value is -2.98. The highest BCUT2D eigenvalue weighted by Gasteiger charge is 2.34. The molecule has 1 aliphatic carbocycles. The minimum absolute atomic E-state index is 0.00328. The smallest absolute Gasteiger partial charge is 0.341 e. The predicted molar refractivity (Wildman–Crippen MR) is 146 cm³/mol. The van der Waals surface area contributed by atoms with Crippen molar-refractivity contribution in [3.63, 3.8) is 0 Å². The maximum Gasteiger partial charge on any atom is 0.341 e. The molecule has 5 rings (SSSR count). The summed E-state index contributed by atoms with van der Waals surface area (Å²) >= 11 is 12.9. The number of aliphatic hydroxyl groups is 1. The molecule has 0 bridgehead atoms. The molecule has 0 amide bonds. The Labute approximate surface area is 235 Å². The summed E-state index contributed by atoms with van der Waals surface area (Å²) in [4.78, 5) is 16.7. The van der Waals surface area contributed by atoms with Crippen LogP contribution >= 0.6 is 23.2 Å². The molecule has 0 radical (unpaired) electrons. The van der Waals surface area contributed by atoms with Crippen molar-refractivity contribution < 1.29 is 27.4 Å². The monoisotopic (exact) mass is 590 g/mol. The molecular formula is C28H25Cl2FN2O5S. The van der Waals surface area contributed by atoms with Crippen LogP contribution in [0, 0.1) is 5.82 Å². The van der Waals surface area contributed by atoms with Gasteiger partial charge in [0.1, 0.15) is 22.7 Å². The van der Waals surface area contributed by atoms with E-state index in [1.165, 1.54) is 24.3 Å². The lowest BCUT2D eigenvalue weighted by Gasteiger charge is -2.22. The average Bonchev–Trinajstić information content (AvgIpc) is 3.63. The Morgan fingerprint density at radius 3 is 2.44 bits per heavy atom. The van der Waals surface area contributed by atoms with E-state index in [4.69, 9.17) is 27.9 Å². The van der Waals surface area contributed by atoms with Crippen LogP contribution in [0.1, 0.15) is 72.8 Å². The molecule has 1 fully saturated rings. The number of benzene rings is 2. The minimum atomic E-state index is -4.33. The molecule has 204 valence electrons. The van der Waals surface area contributed by atoms with E-state index in [0.717, 1.165) is 23.0 Å². The zero-order valence-corrected chi connectivity index (χ0v) is 23.6. The zero-order chi connectivity index (χ0) is 28.3. The van der Waals surface area contributed by atoms with Gasteiger partial charge in [-0.15, -0.1) is 0 Å². The first-order valence-electron chi connectivity index (χ1n) is 12.2. The number of aliphatic hydroxyl groups excluding tert-OH is 1. The lowest BCUT2D eigenvalue weighted by Crippen LogP contribution is -2.24. The molecule has 1 saturated carbocycles. The Morgan fingerprint density at radius 1 is 1.15 bits per heavy atom. The SMILES string of the molecule is CC(C)(C)OC(=O)c1cnc(Cl)c([C@@H](O)c2cc3c(F)cc(C4CC4)cc3n2S(=O)(=O)c2ccccc2)c1Cl. The molecular weight excluding hydrogens is 566 g/mol. The molecule has 0 unspecified atom stereocenters. The normalized spacial score (nSPS) is 14.9. The summed E-state index contributed by atoms with van der Waals surface area (Å²) < 4.78 is 49.5. The molecule has 0 spiro atoms. The van der Waals surface area contributed by atoms with Gasteiger partial charge in [0.15, 0.2) is 0 Å². The molecule has 0 saturated heterocycles. The van der Waals surface area contributed by atoms with Gasteiger partial charge in [-0.25, -0.2) is 26.6 Å². The van der Waals surface area contributed by atoms with Gasteiger partial charge in [0, 0.05) is 17.1 Å². The van der Waals surface area contributed by atoms with Gasteiger partial charge < -0.3 is 9.84 Å². The lowest BCUT2D eigenvalue weighted by atomic mass is 10.1. The molecule has 11 heteroatoms. The van der Waals surface area contributed by atoms with Crippen molar-refractivity contribution in [2.24, 2.45) is 0 Å². The molecule has 7 nitrogen and oxygen atoms in total. The van der Waals surface area contributed by atoms with E-state index >= 15 is 4.39 Å². The number of aromatic nitrogens is 2. The first-order chi connectivity index (χ1) is 18.3. The van der Waals surface area contributed by atoms with E-state index in [-0.39, 0.29) is 48.7 Å². The Kier molecular flexibility index (Phi) is 6.99. The van der Waals surface area contributed by atoms with Crippen molar-refractivity contribution in [3.05, 3.63) is 93.1 Å². The lowest BCUT2D eigenvalue weighted by molar-refractivity contribution is 0.00690. The largest absolute Gasteiger partial charge is 0.456 e. The molecule has 0 aliphatic heterocycles. The van der Waals surface area contributed by atoms with Gasteiger partial charge in [0.2, 0.25) is 0 Å². The zero-order valence-electron chi connectivity index (χ0n) is 21.3. The number of carbonyl (C=O) groups is 1. The van der Waals surface area contributed by atoms with Crippen LogP contribution < -0.4 is 0 Å². The first-order valence-corrected chi connectivity index (χ1v) is 14.4. The summed E-state index contributed by atoms with van der Waals surface area (Å²) in [6.45, 7) is 5.03. The van der Waals surface area contributed by atoms with Gasteiger partial charge in [-0.1, -0.05) is 41.4 Å². The van der Waals surface area contributed by atoms with Crippen LogP contribution in [0.3, 0.4) is 0 Å². The van der Waals surface area contributed by atoms with Crippen molar-refractivity contribution in [2.75, 3.05) is 0 Å². The van der Waals surface area contributed by atoms with Gasteiger partial charge >= 0.3 is 5.97 Å². The number of ether oxygens (including phenoxy) is 1. The molecule has 4 aromatic rings. The third-order valence-electron chi connectivity index (χ3n) is 6.38. The van der Waals surface area contributed by atoms with E-state index in [9.17, 15) is 18.3 Å². The number of esters is 1. The fourth-order valence-electron chi connectivity index (χ4n) is 4.43. The molecule has 2 heterocycles. The van der Waals surface area contributed by atoms with Crippen LogP contribution in [0.15, 0.2) is 59.6 Å². The van der Waals surface area contributed by atoms with Crippen molar-refractivity contribution in [1.29, 1.82) is 0 Å². The number of pyridine rings is 1. The fraction of sp³-hybridized carbons (Fsp3) is 0.286. The second-order valence-electron chi connectivity index (χ2n) is 10.5. The molecule has 1 atom stereocenters. The van der Waals surface area contributed by atoms with Gasteiger partial charge in [0.25, 0.3) is 10.0 Å². The van der Waals surface area contributed by atoms with E-state index < -0.39 is 33.5 Å². The number of nitrogens with zero attached hydrogens (tertiary/aromatic N) is 2. The molecule has 2 aromatic heterocycles.